The largest absolute Gasteiger partial charge is 0.465 e. The summed E-state index contributed by atoms with van der Waals surface area (Å²) in [5, 5.41) is 0.545. The minimum absolute atomic E-state index is 0.353. The number of carbonyl (C=O) groups excluding carboxylic acids is 1. The Kier molecular flexibility index (Phi) is 2.22. The Morgan fingerprint density at radius 3 is 2.85 bits per heavy atom. The molecule has 3 rings (SSSR count). The van der Waals surface area contributed by atoms with Crippen molar-refractivity contribution in [3.05, 3.63) is 28.3 Å². The Morgan fingerprint density at radius 2 is 2.38 bits per heavy atom. The van der Waals surface area contributed by atoms with Crippen LogP contribution < -0.4 is 0 Å². The number of rotatable bonds is 1. The molecule has 0 aliphatic carbocycles. The molecule has 4 heteroatoms. The highest BCUT2D eigenvalue weighted by atomic mass is 35.5. The minimum Gasteiger partial charge on any atom is -0.465 e. The third-order valence-corrected chi connectivity index (χ3v) is 3.49. The molecule has 0 fully saturated rings. The van der Waals surface area contributed by atoms with E-state index in [4.69, 9.17) is 11.6 Å². The molecule has 0 amide bonds. The van der Waals surface area contributed by atoms with Crippen molar-refractivity contribution in [2.45, 2.75) is 10.6 Å². The standard InChI is InChI=1S/C9H7ClO2S/c1-12-9(11)7-6-3-2-5(4-13-6)8(7)10/h2-3H,4H2,1H3. The summed E-state index contributed by atoms with van der Waals surface area (Å²) in [5.74, 6) is 0.500. The third kappa shape index (κ3) is 1.32. The van der Waals surface area contributed by atoms with Crippen molar-refractivity contribution < 1.29 is 9.53 Å². The van der Waals surface area contributed by atoms with Crippen LogP contribution in [0, 0.1) is 0 Å². The molecule has 0 N–H and O–H groups in total. The van der Waals surface area contributed by atoms with E-state index < -0.39 is 0 Å². The van der Waals surface area contributed by atoms with Crippen molar-refractivity contribution in [1.82, 2.24) is 0 Å². The fourth-order valence-electron chi connectivity index (χ4n) is 1.28. The molecular weight excluding hydrogens is 208 g/mol. The average molecular weight is 215 g/mol. The number of esters is 1. The Labute approximate surface area is 85.2 Å². The van der Waals surface area contributed by atoms with E-state index in [1.165, 1.54) is 7.11 Å². The second-order valence-corrected chi connectivity index (χ2v) is 4.09. The van der Waals surface area contributed by atoms with Gasteiger partial charge in [0.25, 0.3) is 0 Å². The molecule has 68 valence electrons. The van der Waals surface area contributed by atoms with Gasteiger partial charge < -0.3 is 4.74 Å². The van der Waals surface area contributed by atoms with E-state index in [-0.39, 0.29) is 5.97 Å². The zero-order valence-electron chi connectivity index (χ0n) is 6.96. The van der Waals surface area contributed by atoms with E-state index in [0.29, 0.717) is 10.6 Å². The fourth-order valence-corrected chi connectivity index (χ4v) is 2.77. The molecule has 0 saturated carbocycles. The van der Waals surface area contributed by atoms with Gasteiger partial charge in [0.05, 0.1) is 17.7 Å². The van der Waals surface area contributed by atoms with Gasteiger partial charge in [0.15, 0.2) is 0 Å². The van der Waals surface area contributed by atoms with Gasteiger partial charge in [-0.05, 0) is 11.6 Å². The van der Waals surface area contributed by atoms with Gasteiger partial charge in [-0.1, -0.05) is 17.7 Å². The van der Waals surface area contributed by atoms with Crippen LogP contribution in [0.15, 0.2) is 17.0 Å². The first-order valence-corrected chi connectivity index (χ1v) is 5.13. The van der Waals surface area contributed by atoms with Crippen molar-refractivity contribution in [2.75, 3.05) is 7.11 Å². The first-order valence-electron chi connectivity index (χ1n) is 3.76. The minimum atomic E-state index is -0.353. The molecule has 0 aromatic heterocycles. The summed E-state index contributed by atoms with van der Waals surface area (Å²) in [6.45, 7) is 0. The van der Waals surface area contributed by atoms with E-state index in [1.54, 1.807) is 11.8 Å². The molecule has 1 aromatic rings. The van der Waals surface area contributed by atoms with Crippen LogP contribution in [0.1, 0.15) is 15.9 Å². The van der Waals surface area contributed by atoms with E-state index in [1.807, 2.05) is 12.1 Å². The summed E-state index contributed by atoms with van der Waals surface area (Å²) in [4.78, 5) is 12.2. The number of hydrogen-bond acceptors (Lipinski definition) is 3. The van der Waals surface area contributed by atoms with Gasteiger partial charge in [-0.3, -0.25) is 0 Å². The molecule has 0 saturated heterocycles. The topological polar surface area (TPSA) is 26.3 Å². The summed E-state index contributed by atoms with van der Waals surface area (Å²) >= 11 is 7.63. The lowest BCUT2D eigenvalue weighted by Crippen LogP contribution is -2.08. The highest BCUT2D eigenvalue weighted by Crippen LogP contribution is 2.40. The Balaban J connectivity index is 2.59. The SMILES string of the molecule is COC(=O)c1c2ccc(c1Cl)CS2. The first kappa shape index (κ1) is 8.91. The lowest BCUT2D eigenvalue weighted by molar-refractivity contribution is 0.0596. The number of ether oxygens (including phenoxy) is 1. The third-order valence-electron chi connectivity index (χ3n) is 1.96. The smallest absolute Gasteiger partial charge is 0.340 e. The highest BCUT2D eigenvalue weighted by Gasteiger charge is 2.23. The number of fused-ring (bicyclic) bond motifs is 3. The van der Waals surface area contributed by atoms with Crippen LogP contribution in [0.3, 0.4) is 0 Å². The fraction of sp³-hybridized carbons (Fsp3) is 0.222. The van der Waals surface area contributed by atoms with Gasteiger partial charge in [-0.15, -0.1) is 11.8 Å². The number of methoxy groups -OCH3 is 1. The summed E-state index contributed by atoms with van der Waals surface area (Å²) < 4.78 is 4.65. The lowest BCUT2D eigenvalue weighted by atomic mass is 10.1. The molecule has 13 heavy (non-hydrogen) atoms. The number of thioether (sulfide) groups is 1. The molecule has 2 bridgehead atoms. The van der Waals surface area contributed by atoms with E-state index in [2.05, 4.69) is 4.74 Å². The number of halogens is 1. The van der Waals surface area contributed by atoms with Crippen LogP contribution in [0.2, 0.25) is 5.02 Å². The molecule has 0 unspecified atom stereocenters. The van der Waals surface area contributed by atoms with E-state index in [9.17, 15) is 4.79 Å². The van der Waals surface area contributed by atoms with Crippen LogP contribution >= 0.6 is 23.4 Å². The van der Waals surface area contributed by atoms with Gasteiger partial charge in [0, 0.05) is 10.6 Å². The van der Waals surface area contributed by atoms with Crippen molar-refractivity contribution in [3.63, 3.8) is 0 Å². The van der Waals surface area contributed by atoms with E-state index >= 15 is 0 Å². The average Bonchev–Trinajstić information content (AvgIpc) is 2.18. The summed E-state index contributed by atoms with van der Waals surface area (Å²) in [7, 11) is 1.36. The summed E-state index contributed by atoms with van der Waals surface area (Å²) in [6.07, 6.45) is 0. The van der Waals surface area contributed by atoms with Crippen LogP contribution in [-0.4, -0.2) is 13.1 Å². The van der Waals surface area contributed by atoms with Crippen molar-refractivity contribution >= 4 is 29.3 Å². The highest BCUT2D eigenvalue weighted by molar-refractivity contribution is 7.98. The number of carbonyl (C=O) groups is 1. The molecule has 2 nitrogen and oxygen atoms in total. The maximum absolute atomic E-state index is 11.3. The zero-order chi connectivity index (χ0) is 9.42. The molecule has 2 heterocycles. The maximum Gasteiger partial charge on any atom is 0.340 e. The van der Waals surface area contributed by atoms with Gasteiger partial charge in [-0.25, -0.2) is 4.79 Å². The quantitative estimate of drug-likeness (QED) is 0.673. The molecule has 0 atom stereocenters. The van der Waals surface area contributed by atoms with Crippen LogP contribution in [0.25, 0.3) is 0 Å². The van der Waals surface area contributed by atoms with Gasteiger partial charge in [0.2, 0.25) is 0 Å². The number of benzene rings is 1. The predicted molar refractivity (Wildman–Crippen MR) is 52.4 cm³/mol. The van der Waals surface area contributed by atoms with Crippen molar-refractivity contribution in [2.24, 2.45) is 0 Å². The Hall–Kier alpha value is -0.670. The lowest BCUT2D eigenvalue weighted by Gasteiger charge is -2.17. The van der Waals surface area contributed by atoms with Gasteiger partial charge >= 0.3 is 5.97 Å². The second kappa shape index (κ2) is 3.24. The van der Waals surface area contributed by atoms with Crippen LogP contribution in [0.4, 0.5) is 0 Å². The predicted octanol–water partition coefficient (Wildman–Crippen LogP) is 2.73. The van der Waals surface area contributed by atoms with Crippen LogP contribution in [-0.2, 0) is 10.5 Å². The number of hydrogen-bond donors (Lipinski definition) is 0. The Bertz CT molecular complexity index is 376. The normalized spacial score (nSPS) is 13.1. The molecule has 1 aromatic carbocycles. The Morgan fingerprint density at radius 1 is 1.62 bits per heavy atom. The zero-order valence-corrected chi connectivity index (χ0v) is 8.54. The van der Waals surface area contributed by atoms with E-state index in [0.717, 1.165) is 16.2 Å². The van der Waals surface area contributed by atoms with Gasteiger partial charge in [-0.2, -0.15) is 0 Å². The summed E-state index contributed by atoms with van der Waals surface area (Å²) in [6, 6.07) is 3.85. The molecular formula is C9H7ClO2S. The molecule has 0 spiro atoms. The van der Waals surface area contributed by atoms with Crippen molar-refractivity contribution in [1.29, 1.82) is 0 Å². The first-order chi connectivity index (χ1) is 6.24. The molecule has 2 aliphatic rings. The molecule has 2 aliphatic heterocycles. The van der Waals surface area contributed by atoms with Crippen LogP contribution in [0.5, 0.6) is 0 Å². The van der Waals surface area contributed by atoms with Crippen molar-refractivity contribution in [3.8, 4) is 0 Å². The molecule has 0 radical (unpaired) electrons. The van der Waals surface area contributed by atoms with Gasteiger partial charge in [0.1, 0.15) is 0 Å². The monoisotopic (exact) mass is 214 g/mol. The second-order valence-electron chi connectivity index (χ2n) is 2.69. The summed E-state index contributed by atoms with van der Waals surface area (Å²) in [5.41, 5.74) is 1.51. The maximum atomic E-state index is 11.3.